The van der Waals surface area contributed by atoms with Gasteiger partial charge in [0.25, 0.3) is 0 Å². The molecule has 1 aromatic rings. The van der Waals surface area contributed by atoms with Crippen molar-refractivity contribution in [1.82, 2.24) is 0 Å². The van der Waals surface area contributed by atoms with Gasteiger partial charge in [-0.15, -0.1) is 0 Å². The molecule has 0 radical (unpaired) electrons. The first kappa shape index (κ1) is 12.9. The van der Waals surface area contributed by atoms with Gasteiger partial charge in [0.15, 0.2) is 12.0 Å². The van der Waals surface area contributed by atoms with Gasteiger partial charge in [0.1, 0.15) is 12.4 Å². The number of aldehydes is 1. The Hall–Kier alpha value is -1.13. The van der Waals surface area contributed by atoms with E-state index < -0.39 is 0 Å². The molecule has 1 fully saturated rings. The monoisotopic (exact) mass is 225 g/mol. The number of carbonyl (C=O) groups is 1. The zero-order valence-electron chi connectivity index (χ0n) is 9.39. The Morgan fingerprint density at radius 1 is 1.38 bits per heavy atom. The van der Waals surface area contributed by atoms with Gasteiger partial charge in [-0.1, -0.05) is 19.3 Å². The molecule has 1 aliphatic carbocycles. The summed E-state index contributed by atoms with van der Waals surface area (Å²) in [5.74, 6) is 0.663. The summed E-state index contributed by atoms with van der Waals surface area (Å²) in [6.45, 7) is -0.159. The number of aliphatic hydroxyl groups excluding tert-OH is 1. The molecule has 2 rings (SSSR count). The lowest BCUT2D eigenvalue weighted by molar-refractivity contribution is 0.109. The van der Waals surface area contributed by atoms with Crippen molar-refractivity contribution in [2.45, 2.75) is 44.8 Å². The Labute approximate surface area is 95.4 Å². The molecule has 1 aliphatic rings. The van der Waals surface area contributed by atoms with Gasteiger partial charge in [-0.2, -0.15) is 0 Å². The van der Waals surface area contributed by atoms with Crippen LogP contribution in [0.2, 0.25) is 0 Å². The molecule has 1 heterocycles. The third-order valence-corrected chi connectivity index (χ3v) is 2.60. The van der Waals surface area contributed by atoms with Crippen molar-refractivity contribution in [3.8, 4) is 0 Å². The second-order valence-electron chi connectivity index (χ2n) is 3.98. The van der Waals surface area contributed by atoms with Gasteiger partial charge < -0.3 is 15.3 Å². The van der Waals surface area contributed by atoms with E-state index in [1.54, 1.807) is 6.07 Å². The summed E-state index contributed by atoms with van der Waals surface area (Å²) in [6.07, 6.45) is 7.26. The molecule has 16 heavy (non-hydrogen) atoms. The Morgan fingerprint density at radius 3 is 2.38 bits per heavy atom. The highest BCUT2D eigenvalue weighted by Crippen LogP contribution is 2.14. The van der Waals surface area contributed by atoms with E-state index in [2.05, 4.69) is 0 Å². The van der Waals surface area contributed by atoms with E-state index in [1.807, 2.05) is 0 Å². The van der Waals surface area contributed by atoms with Crippen molar-refractivity contribution in [3.05, 3.63) is 23.7 Å². The summed E-state index contributed by atoms with van der Waals surface area (Å²) in [5.41, 5.74) is 5.63. The molecule has 0 atom stereocenters. The van der Waals surface area contributed by atoms with Crippen molar-refractivity contribution in [2.24, 2.45) is 5.73 Å². The van der Waals surface area contributed by atoms with Crippen LogP contribution in [-0.4, -0.2) is 17.4 Å². The molecule has 0 bridgehead atoms. The number of rotatable bonds is 2. The Morgan fingerprint density at radius 2 is 2.06 bits per heavy atom. The lowest BCUT2D eigenvalue weighted by atomic mass is 9.97. The number of furan rings is 1. The van der Waals surface area contributed by atoms with E-state index in [0.717, 1.165) is 0 Å². The van der Waals surface area contributed by atoms with Crippen LogP contribution >= 0.6 is 0 Å². The lowest BCUT2D eigenvalue weighted by Crippen LogP contribution is -2.22. The number of hydrogen-bond acceptors (Lipinski definition) is 4. The van der Waals surface area contributed by atoms with Crippen LogP contribution in [0.3, 0.4) is 0 Å². The molecule has 3 N–H and O–H groups in total. The summed E-state index contributed by atoms with van der Waals surface area (Å²) in [5, 5.41) is 8.44. The van der Waals surface area contributed by atoms with Crippen molar-refractivity contribution >= 4 is 6.29 Å². The predicted molar refractivity (Wildman–Crippen MR) is 61.1 cm³/mol. The van der Waals surface area contributed by atoms with Gasteiger partial charge in [0.05, 0.1) is 0 Å². The molecule has 1 aromatic heterocycles. The molecular weight excluding hydrogens is 206 g/mol. The molecule has 4 nitrogen and oxygen atoms in total. The van der Waals surface area contributed by atoms with Crippen molar-refractivity contribution in [1.29, 1.82) is 0 Å². The molecule has 0 saturated heterocycles. The fraction of sp³-hybridized carbons (Fsp3) is 0.583. The summed E-state index contributed by atoms with van der Waals surface area (Å²) >= 11 is 0. The largest absolute Gasteiger partial charge is 0.456 e. The minimum Gasteiger partial charge on any atom is -0.456 e. The topological polar surface area (TPSA) is 76.5 Å². The maximum atomic E-state index is 9.96. The smallest absolute Gasteiger partial charge is 0.185 e. The third-order valence-electron chi connectivity index (χ3n) is 2.60. The molecule has 0 spiro atoms. The van der Waals surface area contributed by atoms with Crippen LogP contribution in [0.1, 0.15) is 48.4 Å². The zero-order valence-corrected chi connectivity index (χ0v) is 9.39. The highest BCUT2D eigenvalue weighted by atomic mass is 16.4. The molecular formula is C12H19NO3. The summed E-state index contributed by atoms with van der Waals surface area (Å²) in [4.78, 5) is 9.96. The molecule has 1 saturated carbocycles. The highest BCUT2D eigenvalue weighted by molar-refractivity contribution is 5.70. The molecule has 0 unspecified atom stereocenters. The van der Waals surface area contributed by atoms with E-state index in [4.69, 9.17) is 15.3 Å². The van der Waals surface area contributed by atoms with Crippen LogP contribution in [0.15, 0.2) is 16.5 Å². The van der Waals surface area contributed by atoms with Crippen LogP contribution in [0.4, 0.5) is 0 Å². The van der Waals surface area contributed by atoms with Gasteiger partial charge in [0, 0.05) is 6.04 Å². The number of hydrogen-bond donors (Lipinski definition) is 2. The average molecular weight is 225 g/mol. The number of aliphatic hydroxyl groups is 1. The van der Waals surface area contributed by atoms with E-state index in [0.29, 0.717) is 18.1 Å². The van der Waals surface area contributed by atoms with E-state index in [-0.39, 0.29) is 12.4 Å². The van der Waals surface area contributed by atoms with Crippen LogP contribution < -0.4 is 5.73 Å². The van der Waals surface area contributed by atoms with Crippen LogP contribution in [-0.2, 0) is 6.61 Å². The average Bonchev–Trinajstić information content (AvgIpc) is 2.79. The van der Waals surface area contributed by atoms with E-state index >= 15 is 0 Å². The molecule has 0 aromatic carbocycles. The fourth-order valence-electron chi connectivity index (χ4n) is 1.68. The minimum absolute atomic E-state index is 0.159. The third kappa shape index (κ3) is 4.59. The standard InChI is InChI=1S/C6H13N.C6H6O3/c7-6-4-2-1-3-5-6;7-3-5-1-2-6(4-8)9-5/h6H,1-5,7H2;1-3,8H,4H2. The Kier molecular flexibility index (Phi) is 5.82. The fourth-order valence-corrected chi connectivity index (χ4v) is 1.68. The molecule has 0 aliphatic heterocycles. The summed E-state index contributed by atoms with van der Waals surface area (Å²) in [7, 11) is 0. The predicted octanol–water partition coefficient (Wildman–Crippen LogP) is 1.86. The Bertz CT molecular complexity index is 303. The first-order valence-electron chi connectivity index (χ1n) is 5.66. The second-order valence-corrected chi connectivity index (χ2v) is 3.98. The van der Waals surface area contributed by atoms with Crippen molar-refractivity contribution in [3.63, 3.8) is 0 Å². The maximum Gasteiger partial charge on any atom is 0.185 e. The number of nitrogens with two attached hydrogens (primary N) is 1. The van der Waals surface area contributed by atoms with E-state index in [9.17, 15) is 4.79 Å². The van der Waals surface area contributed by atoms with Crippen molar-refractivity contribution < 1.29 is 14.3 Å². The number of carbonyl (C=O) groups excluding carboxylic acids is 1. The summed E-state index contributed by atoms with van der Waals surface area (Å²) < 4.78 is 4.76. The molecule has 0 amide bonds. The van der Waals surface area contributed by atoms with Gasteiger partial charge in [-0.3, -0.25) is 4.79 Å². The van der Waals surface area contributed by atoms with Crippen LogP contribution in [0.5, 0.6) is 0 Å². The quantitative estimate of drug-likeness (QED) is 0.753. The molecule has 90 valence electrons. The minimum atomic E-state index is -0.159. The van der Waals surface area contributed by atoms with Crippen molar-refractivity contribution in [2.75, 3.05) is 0 Å². The maximum absolute atomic E-state index is 9.96. The highest BCUT2D eigenvalue weighted by Gasteiger charge is 2.06. The Balaban J connectivity index is 0.000000165. The van der Waals surface area contributed by atoms with E-state index in [1.165, 1.54) is 38.2 Å². The summed E-state index contributed by atoms with van der Waals surface area (Å²) in [6, 6.07) is 3.61. The first-order chi connectivity index (χ1) is 7.76. The first-order valence-corrected chi connectivity index (χ1v) is 5.66. The van der Waals surface area contributed by atoms with Gasteiger partial charge >= 0.3 is 0 Å². The second kappa shape index (κ2) is 7.19. The molecule has 4 heteroatoms. The van der Waals surface area contributed by atoms with Crippen LogP contribution in [0.25, 0.3) is 0 Å². The van der Waals surface area contributed by atoms with Gasteiger partial charge in [0.2, 0.25) is 0 Å². The van der Waals surface area contributed by atoms with Crippen LogP contribution in [0, 0.1) is 0 Å². The zero-order chi connectivity index (χ0) is 11.8. The SMILES string of the molecule is NC1CCCCC1.O=Cc1ccc(CO)o1. The lowest BCUT2D eigenvalue weighted by Gasteiger charge is -2.15. The normalized spacial score (nSPS) is 16.4. The van der Waals surface area contributed by atoms with Gasteiger partial charge in [-0.25, -0.2) is 0 Å². The van der Waals surface area contributed by atoms with Gasteiger partial charge in [-0.05, 0) is 25.0 Å².